The summed E-state index contributed by atoms with van der Waals surface area (Å²) in [5.41, 5.74) is 4.61. The smallest absolute Gasteiger partial charge is 0.416 e. The van der Waals surface area contributed by atoms with Gasteiger partial charge in [0, 0.05) is 23.9 Å². The van der Waals surface area contributed by atoms with E-state index in [0.29, 0.717) is 0 Å². The molecule has 1 aromatic carbocycles. The number of nitrogens with two attached hydrogens (primary N) is 1. The van der Waals surface area contributed by atoms with E-state index in [2.05, 4.69) is 9.97 Å². The van der Waals surface area contributed by atoms with Gasteiger partial charge in [-0.15, -0.1) is 0 Å². The summed E-state index contributed by atoms with van der Waals surface area (Å²) < 4.78 is 50.5. The molecular weight excluding hydrogens is 426 g/mol. The van der Waals surface area contributed by atoms with E-state index < -0.39 is 23.3 Å². The number of nitrogen functional groups attached to an aromatic ring is 1. The van der Waals surface area contributed by atoms with Crippen LogP contribution in [0, 0.1) is 11.6 Å². The van der Waals surface area contributed by atoms with Gasteiger partial charge in [0.1, 0.15) is 29.1 Å². The van der Waals surface area contributed by atoms with Gasteiger partial charge in [0.05, 0.1) is 31.5 Å². The van der Waals surface area contributed by atoms with Crippen molar-refractivity contribution >= 4 is 11.9 Å². The lowest BCUT2D eigenvalue weighted by Crippen LogP contribution is -2.64. The molecule has 9 nitrogen and oxygen atoms in total. The highest BCUT2D eigenvalue weighted by Gasteiger charge is 2.55. The normalized spacial score (nSPS) is 15.9. The molecular formula is C21H20F2N4O5. The highest BCUT2D eigenvalue weighted by Crippen LogP contribution is 2.48. The number of aromatic nitrogens is 2. The second kappa shape index (κ2) is 8.42. The van der Waals surface area contributed by atoms with Gasteiger partial charge in [0.25, 0.3) is 0 Å². The molecule has 2 aromatic heterocycles. The minimum Gasteiger partial charge on any atom is -0.417 e. The van der Waals surface area contributed by atoms with Crippen LogP contribution in [0.15, 0.2) is 41.3 Å². The minimum absolute atomic E-state index is 0.0178. The Balaban J connectivity index is 0.00000119. The van der Waals surface area contributed by atoms with Crippen molar-refractivity contribution in [2.75, 3.05) is 18.9 Å². The minimum atomic E-state index is -1.15. The number of anilines is 1. The summed E-state index contributed by atoms with van der Waals surface area (Å²) >= 11 is 0. The lowest BCUT2D eigenvalue weighted by atomic mass is 9.83. The number of hydrogen-bond donors (Lipinski definition) is 1. The lowest BCUT2D eigenvalue weighted by molar-refractivity contribution is -0.145. The summed E-state index contributed by atoms with van der Waals surface area (Å²) in [6.07, 6.45) is 3.12. The molecule has 1 fully saturated rings. The second-order valence-corrected chi connectivity index (χ2v) is 6.83. The first kappa shape index (κ1) is 21.5. The van der Waals surface area contributed by atoms with Crippen molar-refractivity contribution < 1.29 is 32.2 Å². The van der Waals surface area contributed by atoms with Crippen molar-refractivity contribution in [2.24, 2.45) is 0 Å². The van der Waals surface area contributed by atoms with Gasteiger partial charge in [-0.25, -0.2) is 18.6 Å². The Kier molecular flexibility index (Phi) is 5.66. The van der Waals surface area contributed by atoms with E-state index in [-0.39, 0.29) is 54.3 Å². The number of pyridine rings is 1. The van der Waals surface area contributed by atoms with Crippen molar-refractivity contribution in [1.29, 1.82) is 0 Å². The maximum atomic E-state index is 15.2. The number of hydrogen-bond acceptors (Lipinski definition) is 8. The average Bonchev–Trinajstić information content (AvgIpc) is 3.25. The molecule has 0 aliphatic carbocycles. The molecule has 168 valence electrons. The Morgan fingerprint density at radius 3 is 2.66 bits per heavy atom. The van der Waals surface area contributed by atoms with Crippen molar-refractivity contribution in [2.45, 2.75) is 25.9 Å². The van der Waals surface area contributed by atoms with E-state index in [0.717, 1.165) is 6.07 Å². The maximum Gasteiger partial charge on any atom is 0.416 e. The first-order valence-corrected chi connectivity index (χ1v) is 9.85. The fourth-order valence-corrected chi connectivity index (χ4v) is 3.58. The summed E-state index contributed by atoms with van der Waals surface area (Å²) in [6, 6.07) is 3.89. The third-order valence-corrected chi connectivity index (χ3v) is 5.05. The van der Waals surface area contributed by atoms with Gasteiger partial charge in [-0.05, 0) is 6.07 Å². The molecule has 2 aliphatic rings. The molecule has 0 unspecified atom stereocenters. The van der Waals surface area contributed by atoms with Crippen LogP contribution < -0.4 is 15.2 Å². The zero-order chi connectivity index (χ0) is 22.9. The van der Waals surface area contributed by atoms with Gasteiger partial charge < -0.3 is 24.4 Å². The Morgan fingerprint density at radius 2 is 2.00 bits per heavy atom. The van der Waals surface area contributed by atoms with Crippen molar-refractivity contribution in [3.05, 3.63) is 59.6 Å². The van der Waals surface area contributed by atoms with Crippen LogP contribution in [0.3, 0.4) is 0 Å². The number of carbonyl (C=O) groups is 1. The molecule has 0 radical (unpaired) electrons. The van der Waals surface area contributed by atoms with Gasteiger partial charge >= 0.3 is 12.2 Å². The Bertz CT molecular complexity index is 1140. The first-order valence-electron chi connectivity index (χ1n) is 9.85. The molecule has 1 spiro atoms. The molecule has 2 N–H and O–H groups in total. The highest BCUT2D eigenvalue weighted by molar-refractivity contribution is 5.76. The highest BCUT2D eigenvalue weighted by atomic mass is 19.1. The summed E-state index contributed by atoms with van der Waals surface area (Å²) in [5.74, 6) is -1.70. The second-order valence-electron chi connectivity index (χ2n) is 6.83. The van der Waals surface area contributed by atoms with Gasteiger partial charge in [-0.2, -0.15) is 4.98 Å². The SMILES string of the molecule is CC.Nc1nccc(CN2C(=O)Oc3cc(Oc4ncco4)cc(F)c3C23COC3)c1F. The molecule has 1 saturated heterocycles. The van der Waals surface area contributed by atoms with E-state index in [4.69, 9.17) is 24.4 Å². The molecule has 11 heteroatoms. The van der Waals surface area contributed by atoms with Crippen LogP contribution in [0.2, 0.25) is 0 Å². The van der Waals surface area contributed by atoms with E-state index >= 15 is 4.39 Å². The molecule has 0 atom stereocenters. The van der Waals surface area contributed by atoms with Crippen LogP contribution in [0.1, 0.15) is 25.0 Å². The van der Waals surface area contributed by atoms with Gasteiger partial charge in [-0.1, -0.05) is 13.8 Å². The van der Waals surface area contributed by atoms with E-state index in [1.165, 1.54) is 35.7 Å². The van der Waals surface area contributed by atoms with Gasteiger partial charge in [-0.3, -0.25) is 4.90 Å². The molecule has 32 heavy (non-hydrogen) atoms. The predicted octanol–water partition coefficient (Wildman–Crippen LogP) is 3.99. The Morgan fingerprint density at radius 1 is 1.22 bits per heavy atom. The summed E-state index contributed by atoms with van der Waals surface area (Å²) in [7, 11) is 0. The number of oxazole rings is 1. The third kappa shape index (κ3) is 3.50. The molecule has 5 rings (SSSR count). The van der Waals surface area contributed by atoms with Crippen molar-refractivity contribution in [3.8, 4) is 17.6 Å². The van der Waals surface area contributed by atoms with Crippen molar-refractivity contribution in [3.63, 3.8) is 0 Å². The number of carbonyl (C=O) groups excluding carboxylic acids is 1. The Hall–Kier alpha value is -3.73. The Labute approximate surface area is 181 Å². The molecule has 4 heterocycles. The van der Waals surface area contributed by atoms with Crippen molar-refractivity contribution in [1.82, 2.24) is 14.9 Å². The third-order valence-electron chi connectivity index (χ3n) is 5.05. The number of benzene rings is 1. The van der Waals surface area contributed by atoms with Crippen LogP contribution in [-0.4, -0.2) is 34.2 Å². The maximum absolute atomic E-state index is 15.2. The number of halogens is 2. The van der Waals surface area contributed by atoms with Gasteiger partial charge in [0.15, 0.2) is 11.6 Å². The van der Waals surface area contributed by atoms with Crippen LogP contribution >= 0.6 is 0 Å². The molecule has 0 saturated carbocycles. The zero-order valence-corrected chi connectivity index (χ0v) is 17.3. The number of rotatable bonds is 4. The van der Waals surface area contributed by atoms with Crippen LogP contribution in [0.4, 0.5) is 19.4 Å². The quantitative estimate of drug-likeness (QED) is 0.640. The monoisotopic (exact) mass is 446 g/mol. The standard InChI is InChI=1S/C19H14F2N4O5.C2H6/c20-12-5-11(29-17-24-3-4-28-17)6-13-14(12)19(8-27-9-19)25(18(26)30-13)7-10-1-2-23-16(22)15(10)21;1-2/h1-6H,7-9H2,(H2,22,23);1-2H3. The van der Waals surface area contributed by atoms with Gasteiger partial charge in [0.2, 0.25) is 0 Å². The van der Waals surface area contributed by atoms with E-state index in [1.54, 1.807) is 0 Å². The van der Waals surface area contributed by atoms with Crippen LogP contribution in [-0.2, 0) is 16.8 Å². The van der Waals surface area contributed by atoms with Crippen LogP contribution in [0.5, 0.6) is 17.6 Å². The lowest BCUT2D eigenvalue weighted by Gasteiger charge is -2.51. The number of amides is 1. The zero-order valence-electron chi connectivity index (χ0n) is 17.3. The number of ether oxygens (including phenoxy) is 3. The summed E-state index contributed by atoms with van der Waals surface area (Å²) in [4.78, 5) is 21.5. The average molecular weight is 446 g/mol. The molecule has 1 amide bonds. The fourth-order valence-electron chi connectivity index (χ4n) is 3.58. The topological polar surface area (TPSA) is 113 Å². The van der Waals surface area contributed by atoms with Crippen LogP contribution in [0.25, 0.3) is 0 Å². The molecule has 3 aromatic rings. The van der Waals surface area contributed by atoms with E-state index in [1.807, 2.05) is 13.8 Å². The number of nitrogens with zero attached hydrogens (tertiary/aromatic N) is 3. The summed E-state index contributed by atoms with van der Waals surface area (Å²) in [6.45, 7) is 3.84. The number of fused-ring (bicyclic) bond motifs is 2. The molecule has 2 aliphatic heterocycles. The summed E-state index contributed by atoms with van der Waals surface area (Å²) in [5, 5.41) is 0. The van der Waals surface area contributed by atoms with E-state index in [9.17, 15) is 9.18 Å². The molecule has 0 bridgehead atoms. The first-order chi connectivity index (χ1) is 15.5. The predicted molar refractivity (Wildman–Crippen MR) is 107 cm³/mol. The largest absolute Gasteiger partial charge is 0.417 e. The fraction of sp³-hybridized carbons (Fsp3) is 0.286.